The predicted octanol–water partition coefficient (Wildman–Crippen LogP) is 2.39. The lowest BCUT2D eigenvalue weighted by Crippen LogP contribution is -2.07. The molecule has 0 spiro atoms. The fraction of sp³-hybridized carbons (Fsp3) is 0.462. The smallest absolute Gasteiger partial charge is 0.184 e. The molecule has 0 saturated heterocycles. The molecule has 1 heterocycles. The number of nitrogen functional groups attached to an aromatic ring is 1. The number of aromatic nitrogens is 4. The van der Waals surface area contributed by atoms with Crippen molar-refractivity contribution in [3.05, 3.63) is 23.2 Å². The van der Waals surface area contributed by atoms with Gasteiger partial charge in [-0.15, -0.1) is 5.10 Å². The van der Waals surface area contributed by atoms with Gasteiger partial charge in [-0.1, -0.05) is 24.6 Å². The fourth-order valence-corrected chi connectivity index (χ4v) is 2.02. The molecule has 0 atom stereocenters. The molecule has 2 aromatic rings. The van der Waals surface area contributed by atoms with Gasteiger partial charge < -0.3 is 10.5 Å². The van der Waals surface area contributed by atoms with Gasteiger partial charge in [-0.2, -0.15) is 0 Å². The van der Waals surface area contributed by atoms with Gasteiger partial charge in [-0.3, -0.25) is 0 Å². The third-order valence-electron chi connectivity index (χ3n) is 2.83. The number of rotatable bonds is 7. The summed E-state index contributed by atoms with van der Waals surface area (Å²) in [7, 11) is 0. The highest BCUT2D eigenvalue weighted by Crippen LogP contribution is 2.29. The molecule has 2 N–H and O–H groups in total. The molecule has 1 aromatic heterocycles. The van der Waals surface area contributed by atoms with Gasteiger partial charge >= 0.3 is 0 Å². The molecule has 108 valence electrons. The second kappa shape index (κ2) is 7.21. The largest absolute Gasteiger partial charge is 0.397 e. The number of para-hydroxylation sites is 1. The number of nitrogens with two attached hydrogens (primary N) is 1. The summed E-state index contributed by atoms with van der Waals surface area (Å²) in [5.41, 5.74) is 7.21. The van der Waals surface area contributed by atoms with Crippen LogP contribution in [0.2, 0.25) is 5.02 Å². The summed E-state index contributed by atoms with van der Waals surface area (Å²) in [6.07, 6.45) is 1.87. The Bertz CT molecular complexity index is 557. The standard InChI is InChI=1S/C13H18ClN5O/c1-2-8-20-9-4-7-19-13(16-17-18-19)10-5-3-6-11(14)12(10)15/h3,5-6H,2,4,7-9,15H2,1H3. The number of tetrazole rings is 1. The van der Waals surface area contributed by atoms with Crippen LogP contribution < -0.4 is 5.73 Å². The van der Waals surface area contributed by atoms with Crippen LogP contribution in [0.1, 0.15) is 19.8 Å². The van der Waals surface area contributed by atoms with Gasteiger partial charge in [0.15, 0.2) is 5.82 Å². The van der Waals surface area contributed by atoms with Crippen LogP contribution in [0.5, 0.6) is 0 Å². The number of hydrogen-bond donors (Lipinski definition) is 1. The van der Waals surface area contributed by atoms with Crippen LogP contribution in [0.3, 0.4) is 0 Å². The first-order valence-electron chi connectivity index (χ1n) is 6.62. The minimum Gasteiger partial charge on any atom is -0.397 e. The summed E-state index contributed by atoms with van der Waals surface area (Å²) in [6.45, 7) is 4.24. The maximum Gasteiger partial charge on any atom is 0.184 e. The van der Waals surface area contributed by atoms with Crippen molar-refractivity contribution in [1.29, 1.82) is 0 Å². The topological polar surface area (TPSA) is 78.8 Å². The van der Waals surface area contributed by atoms with Gasteiger partial charge in [0.1, 0.15) is 0 Å². The molecule has 7 heteroatoms. The predicted molar refractivity (Wildman–Crippen MR) is 78.4 cm³/mol. The second-order valence-corrected chi connectivity index (χ2v) is 4.80. The third-order valence-corrected chi connectivity index (χ3v) is 3.16. The molecule has 20 heavy (non-hydrogen) atoms. The molecular formula is C13H18ClN5O. The highest BCUT2D eigenvalue weighted by atomic mass is 35.5. The van der Waals surface area contributed by atoms with Gasteiger partial charge in [0.25, 0.3) is 0 Å². The van der Waals surface area contributed by atoms with Crippen molar-refractivity contribution in [3.8, 4) is 11.4 Å². The Hall–Kier alpha value is -1.66. The Kier molecular flexibility index (Phi) is 5.31. The monoisotopic (exact) mass is 295 g/mol. The minimum atomic E-state index is 0.493. The zero-order valence-electron chi connectivity index (χ0n) is 11.4. The number of halogens is 1. The van der Waals surface area contributed by atoms with Crippen LogP contribution in [0.15, 0.2) is 18.2 Å². The van der Waals surface area contributed by atoms with Crippen LogP contribution in [0.4, 0.5) is 5.69 Å². The van der Waals surface area contributed by atoms with Crippen LogP contribution in [-0.4, -0.2) is 33.4 Å². The second-order valence-electron chi connectivity index (χ2n) is 4.39. The summed E-state index contributed by atoms with van der Waals surface area (Å²) < 4.78 is 7.16. The Morgan fingerprint density at radius 3 is 3.00 bits per heavy atom. The molecule has 2 rings (SSSR count). The average molecular weight is 296 g/mol. The number of anilines is 1. The molecule has 0 aliphatic carbocycles. The number of benzene rings is 1. The van der Waals surface area contributed by atoms with E-state index in [0.717, 1.165) is 25.0 Å². The Morgan fingerprint density at radius 1 is 1.35 bits per heavy atom. The van der Waals surface area contributed by atoms with Crippen molar-refractivity contribution in [2.45, 2.75) is 26.3 Å². The van der Waals surface area contributed by atoms with E-state index in [1.165, 1.54) is 0 Å². The van der Waals surface area contributed by atoms with Gasteiger partial charge in [0.2, 0.25) is 0 Å². The first kappa shape index (κ1) is 14.7. The van der Waals surface area contributed by atoms with Crippen LogP contribution >= 0.6 is 11.6 Å². The van der Waals surface area contributed by atoms with Crippen LogP contribution in [0, 0.1) is 0 Å². The summed E-state index contributed by atoms with van der Waals surface area (Å²) >= 11 is 6.02. The minimum absolute atomic E-state index is 0.493. The molecule has 0 fully saturated rings. The Balaban J connectivity index is 2.06. The summed E-state index contributed by atoms with van der Waals surface area (Å²) in [5, 5.41) is 12.2. The van der Waals surface area contributed by atoms with E-state index in [9.17, 15) is 0 Å². The lowest BCUT2D eigenvalue weighted by Gasteiger charge is -2.08. The van der Waals surface area contributed by atoms with E-state index in [-0.39, 0.29) is 0 Å². The fourth-order valence-electron chi connectivity index (χ4n) is 1.84. The molecule has 0 amide bonds. The number of nitrogens with zero attached hydrogens (tertiary/aromatic N) is 4. The SMILES string of the molecule is CCCOCCCn1nnnc1-c1cccc(Cl)c1N. The highest BCUT2D eigenvalue weighted by molar-refractivity contribution is 6.33. The maximum atomic E-state index is 6.02. The molecular weight excluding hydrogens is 278 g/mol. The lowest BCUT2D eigenvalue weighted by molar-refractivity contribution is 0.128. The van der Waals surface area contributed by atoms with Crippen molar-refractivity contribution >= 4 is 17.3 Å². The van der Waals surface area contributed by atoms with Crippen LogP contribution in [-0.2, 0) is 11.3 Å². The Morgan fingerprint density at radius 2 is 2.20 bits per heavy atom. The van der Waals surface area contributed by atoms with Gasteiger partial charge in [-0.05, 0) is 35.4 Å². The third kappa shape index (κ3) is 3.46. The zero-order chi connectivity index (χ0) is 14.4. The summed E-state index contributed by atoms with van der Waals surface area (Å²) in [5.74, 6) is 0.625. The molecule has 0 aliphatic rings. The van der Waals surface area contributed by atoms with Crippen molar-refractivity contribution < 1.29 is 4.74 Å². The maximum absolute atomic E-state index is 6.02. The summed E-state index contributed by atoms with van der Waals surface area (Å²) in [6, 6.07) is 5.43. The number of hydrogen-bond acceptors (Lipinski definition) is 5. The van der Waals surface area contributed by atoms with E-state index in [2.05, 4.69) is 22.4 Å². The average Bonchev–Trinajstić information content (AvgIpc) is 2.90. The van der Waals surface area contributed by atoms with Crippen molar-refractivity contribution in [3.63, 3.8) is 0 Å². The van der Waals surface area contributed by atoms with E-state index >= 15 is 0 Å². The normalized spacial score (nSPS) is 10.9. The number of ether oxygens (including phenoxy) is 1. The molecule has 0 bridgehead atoms. The molecule has 0 aliphatic heterocycles. The van der Waals surface area contributed by atoms with E-state index in [4.69, 9.17) is 22.1 Å². The van der Waals surface area contributed by atoms with Gasteiger partial charge in [0.05, 0.1) is 10.7 Å². The summed E-state index contributed by atoms with van der Waals surface area (Å²) in [4.78, 5) is 0. The Labute approximate surface area is 122 Å². The van der Waals surface area contributed by atoms with Gasteiger partial charge in [-0.25, -0.2) is 4.68 Å². The van der Waals surface area contributed by atoms with E-state index in [0.29, 0.717) is 29.7 Å². The van der Waals surface area contributed by atoms with Crippen molar-refractivity contribution in [2.24, 2.45) is 0 Å². The van der Waals surface area contributed by atoms with E-state index < -0.39 is 0 Å². The molecule has 1 aromatic carbocycles. The zero-order valence-corrected chi connectivity index (χ0v) is 12.2. The first-order chi connectivity index (χ1) is 9.74. The molecule has 0 radical (unpaired) electrons. The van der Waals surface area contributed by atoms with E-state index in [1.807, 2.05) is 12.1 Å². The molecule has 0 unspecified atom stereocenters. The molecule has 0 saturated carbocycles. The van der Waals surface area contributed by atoms with Crippen molar-refractivity contribution in [2.75, 3.05) is 18.9 Å². The first-order valence-corrected chi connectivity index (χ1v) is 7.00. The number of aryl methyl sites for hydroxylation is 1. The lowest BCUT2D eigenvalue weighted by atomic mass is 10.1. The van der Waals surface area contributed by atoms with E-state index in [1.54, 1.807) is 10.7 Å². The molecule has 6 nitrogen and oxygen atoms in total. The van der Waals surface area contributed by atoms with Crippen molar-refractivity contribution in [1.82, 2.24) is 20.2 Å². The van der Waals surface area contributed by atoms with Crippen LogP contribution in [0.25, 0.3) is 11.4 Å². The quantitative estimate of drug-likeness (QED) is 0.627. The van der Waals surface area contributed by atoms with Gasteiger partial charge in [0, 0.05) is 25.3 Å². The highest BCUT2D eigenvalue weighted by Gasteiger charge is 2.13.